The number of piperidine rings is 1. The monoisotopic (exact) mass is 332 g/mol. The lowest BCUT2D eigenvalue weighted by molar-refractivity contribution is 0.451. The number of nitrogens with zero attached hydrogens (tertiary/aromatic N) is 2. The van der Waals surface area contributed by atoms with Crippen LogP contribution in [0.1, 0.15) is 12.8 Å². The summed E-state index contributed by atoms with van der Waals surface area (Å²) in [6.45, 7) is 1.74. The van der Waals surface area contributed by atoms with E-state index in [0.717, 1.165) is 24.8 Å². The maximum Gasteiger partial charge on any atom is 0.179 e. The van der Waals surface area contributed by atoms with E-state index in [1.54, 1.807) is 18.3 Å². The first-order valence-electron chi connectivity index (χ1n) is 5.98. The van der Waals surface area contributed by atoms with Gasteiger partial charge in [-0.25, -0.2) is 13.4 Å². The van der Waals surface area contributed by atoms with E-state index in [9.17, 15) is 8.42 Å². The molecular weight excluding hydrogens is 316 g/mol. The molecule has 1 aromatic rings. The maximum absolute atomic E-state index is 11.8. The van der Waals surface area contributed by atoms with Gasteiger partial charge in [0.05, 0.1) is 0 Å². The molecule has 0 saturated carbocycles. The molecule has 1 atom stereocenters. The lowest BCUT2D eigenvalue weighted by Gasteiger charge is -2.33. The van der Waals surface area contributed by atoms with Crippen LogP contribution in [0, 0.1) is 5.92 Å². The van der Waals surface area contributed by atoms with Crippen LogP contribution < -0.4 is 4.90 Å². The zero-order valence-electron chi connectivity index (χ0n) is 10.3. The van der Waals surface area contributed by atoms with Gasteiger partial charge < -0.3 is 4.90 Å². The lowest BCUT2D eigenvalue weighted by atomic mass is 10.0. The minimum Gasteiger partial charge on any atom is -0.355 e. The summed E-state index contributed by atoms with van der Waals surface area (Å²) in [5.74, 6) is 1.17. The van der Waals surface area contributed by atoms with E-state index in [-0.39, 0.29) is 0 Å². The molecule has 0 radical (unpaired) electrons. The highest BCUT2D eigenvalue weighted by Crippen LogP contribution is 2.27. The van der Waals surface area contributed by atoms with Crippen molar-refractivity contribution in [1.82, 2.24) is 4.98 Å². The molecule has 4 nitrogen and oxygen atoms in total. The number of rotatable bonds is 3. The second-order valence-corrected chi connectivity index (χ2v) is 7.34. The molecule has 2 rings (SSSR count). The average Bonchev–Trinajstić information content (AvgIpc) is 2.38. The second kappa shape index (κ2) is 5.57. The molecule has 2 heterocycles. The molecule has 0 N–H and O–H groups in total. The topological polar surface area (TPSA) is 50.3 Å². The predicted molar refractivity (Wildman–Crippen MR) is 76.1 cm³/mol. The van der Waals surface area contributed by atoms with E-state index < -0.39 is 9.84 Å². The summed E-state index contributed by atoms with van der Waals surface area (Å²) in [6, 6.07) is 3.31. The third kappa shape index (κ3) is 3.03. The standard InChI is InChI=1S/C12H17BrN2O2S/c1-18(16,17)11-5-2-6-14-12(11)15-7-3-4-10(8-13)9-15/h2,5-6,10H,3-4,7-9H2,1H3. The van der Waals surface area contributed by atoms with Crippen molar-refractivity contribution in [3.63, 3.8) is 0 Å². The van der Waals surface area contributed by atoms with Crippen molar-refractivity contribution in [1.29, 1.82) is 0 Å². The van der Waals surface area contributed by atoms with Crippen molar-refractivity contribution >= 4 is 31.6 Å². The molecule has 0 aromatic carbocycles. The Morgan fingerprint density at radius 1 is 1.56 bits per heavy atom. The van der Waals surface area contributed by atoms with Crippen molar-refractivity contribution in [2.45, 2.75) is 17.7 Å². The van der Waals surface area contributed by atoms with E-state index in [0.29, 0.717) is 16.6 Å². The van der Waals surface area contributed by atoms with Gasteiger partial charge in [-0.3, -0.25) is 0 Å². The van der Waals surface area contributed by atoms with Gasteiger partial charge in [0, 0.05) is 30.9 Å². The van der Waals surface area contributed by atoms with E-state index in [2.05, 4.69) is 25.8 Å². The third-order valence-electron chi connectivity index (χ3n) is 3.19. The zero-order valence-corrected chi connectivity index (χ0v) is 12.7. The Labute approximate surface area is 116 Å². The van der Waals surface area contributed by atoms with Gasteiger partial charge in [0.15, 0.2) is 9.84 Å². The molecule has 0 spiro atoms. The molecule has 1 aliphatic rings. The van der Waals surface area contributed by atoms with E-state index >= 15 is 0 Å². The van der Waals surface area contributed by atoms with Crippen molar-refractivity contribution in [2.75, 3.05) is 29.6 Å². The number of anilines is 1. The number of pyridine rings is 1. The Morgan fingerprint density at radius 3 is 3.00 bits per heavy atom. The normalized spacial score (nSPS) is 21.0. The second-order valence-electron chi connectivity index (χ2n) is 4.71. The summed E-state index contributed by atoms with van der Waals surface area (Å²) >= 11 is 3.50. The highest BCUT2D eigenvalue weighted by molar-refractivity contribution is 9.09. The molecule has 1 saturated heterocycles. The Bertz CT molecular complexity index is 519. The zero-order chi connectivity index (χ0) is 13.2. The van der Waals surface area contributed by atoms with Gasteiger partial charge in [0.25, 0.3) is 0 Å². The largest absolute Gasteiger partial charge is 0.355 e. The Hall–Kier alpha value is -0.620. The van der Waals surface area contributed by atoms with Crippen molar-refractivity contribution in [2.24, 2.45) is 5.92 Å². The molecule has 0 amide bonds. The quantitative estimate of drug-likeness (QED) is 0.795. The number of sulfone groups is 1. The van der Waals surface area contributed by atoms with Crippen LogP contribution >= 0.6 is 15.9 Å². The summed E-state index contributed by atoms with van der Waals surface area (Å²) in [5, 5.41) is 0.949. The Kier molecular flexibility index (Phi) is 4.27. The molecular formula is C12H17BrN2O2S. The van der Waals surface area contributed by atoms with Gasteiger partial charge in [0.2, 0.25) is 0 Å². The van der Waals surface area contributed by atoms with Crippen molar-refractivity contribution < 1.29 is 8.42 Å². The van der Waals surface area contributed by atoms with Crippen LogP contribution in [0.5, 0.6) is 0 Å². The predicted octanol–water partition coefficient (Wildman–Crippen LogP) is 2.10. The van der Waals surface area contributed by atoms with Crippen LogP contribution in [-0.4, -0.2) is 38.1 Å². The van der Waals surface area contributed by atoms with Gasteiger partial charge in [-0.05, 0) is 30.9 Å². The summed E-state index contributed by atoms with van der Waals surface area (Å²) in [6.07, 6.45) is 5.15. The van der Waals surface area contributed by atoms with Crippen molar-refractivity contribution in [3.05, 3.63) is 18.3 Å². The molecule has 6 heteroatoms. The Morgan fingerprint density at radius 2 is 2.33 bits per heavy atom. The van der Waals surface area contributed by atoms with Crippen LogP contribution in [-0.2, 0) is 9.84 Å². The van der Waals surface area contributed by atoms with E-state index in [1.165, 1.54) is 12.7 Å². The van der Waals surface area contributed by atoms with Gasteiger partial charge in [-0.15, -0.1) is 0 Å². The smallest absolute Gasteiger partial charge is 0.179 e. The minimum atomic E-state index is -3.22. The first-order valence-corrected chi connectivity index (χ1v) is 8.99. The molecule has 0 aliphatic carbocycles. The molecule has 0 bridgehead atoms. The number of aromatic nitrogens is 1. The van der Waals surface area contributed by atoms with E-state index in [1.807, 2.05) is 0 Å². The first kappa shape index (κ1) is 13.8. The van der Waals surface area contributed by atoms with Crippen LogP contribution in [0.4, 0.5) is 5.82 Å². The summed E-state index contributed by atoms with van der Waals surface area (Å²) in [5.41, 5.74) is 0. The number of hydrogen-bond acceptors (Lipinski definition) is 4. The first-order chi connectivity index (χ1) is 8.52. The van der Waals surface area contributed by atoms with Crippen LogP contribution in [0.25, 0.3) is 0 Å². The van der Waals surface area contributed by atoms with Crippen LogP contribution in [0.15, 0.2) is 23.2 Å². The van der Waals surface area contributed by atoms with Crippen LogP contribution in [0.2, 0.25) is 0 Å². The number of hydrogen-bond donors (Lipinski definition) is 0. The highest BCUT2D eigenvalue weighted by atomic mass is 79.9. The van der Waals surface area contributed by atoms with Crippen LogP contribution in [0.3, 0.4) is 0 Å². The molecule has 18 heavy (non-hydrogen) atoms. The fourth-order valence-corrected chi connectivity index (χ4v) is 3.66. The maximum atomic E-state index is 11.8. The minimum absolute atomic E-state index is 0.334. The summed E-state index contributed by atoms with van der Waals surface area (Å²) in [4.78, 5) is 6.69. The van der Waals surface area contributed by atoms with Crippen molar-refractivity contribution in [3.8, 4) is 0 Å². The fraction of sp³-hybridized carbons (Fsp3) is 0.583. The molecule has 100 valence electrons. The van der Waals surface area contributed by atoms with E-state index in [4.69, 9.17) is 0 Å². The lowest BCUT2D eigenvalue weighted by Crippen LogP contribution is -2.37. The highest BCUT2D eigenvalue weighted by Gasteiger charge is 2.24. The van der Waals surface area contributed by atoms with Gasteiger partial charge >= 0.3 is 0 Å². The summed E-state index contributed by atoms with van der Waals surface area (Å²) in [7, 11) is -3.22. The molecule has 1 unspecified atom stereocenters. The number of halogens is 1. The fourth-order valence-electron chi connectivity index (χ4n) is 2.29. The molecule has 1 aromatic heterocycles. The molecule has 1 aliphatic heterocycles. The summed E-state index contributed by atoms with van der Waals surface area (Å²) < 4.78 is 23.5. The molecule has 1 fully saturated rings. The SMILES string of the molecule is CS(=O)(=O)c1cccnc1N1CCCC(CBr)C1. The number of alkyl halides is 1. The van der Waals surface area contributed by atoms with Gasteiger partial charge in [-0.2, -0.15) is 0 Å². The third-order valence-corrected chi connectivity index (χ3v) is 5.22. The average molecular weight is 333 g/mol. The van der Waals surface area contributed by atoms with Gasteiger partial charge in [0.1, 0.15) is 10.7 Å². The van der Waals surface area contributed by atoms with Gasteiger partial charge in [-0.1, -0.05) is 15.9 Å². The Balaban J connectivity index is 2.33.